The predicted octanol–water partition coefficient (Wildman–Crippen LogP) is 2.05. The van der Waals surface area contributed by atoms with E-state index >= 15 is 0 Å². The molecule has 1 heterocycles. The first-order valence-corrected chi connectivity index (χ1v) is 6.07. The number of aromatic carboxylic acids is 1. The lowest BCUT2D eigenvalue weighted by Gasteiger charge is -2.09. The summed E-state index contributed by atoms with van der Waals surface area (Å²) in [4.78, 5) is 10.6. The van der Waals surface area contributed by atoms with Gasteiger partial charge >= 0.3 is 5.97 Å². The summed E-state index contributed by atoms with van der Waals surface area (Å²) in [7, 11) is 0. The van der Waals surface area contributed by atoms with Crippen LogP contribution in [-0.4, -0.2) is 32.6 Å². The van der Waals surface area contributed by atoms with Crippen molar-refractivity contribution in [2.75, 3.05) is 11.9 Å². The number of aryl methyl sites for hydroxylation is 1. The van der Waals surface area contributed by atoms with Crippen molar-refractivity contribution in [1.29, 1.82) is 0 Å². The number of nitrogens with zero attached hydrogens (tertiary/aromatic N) is 3. The maximum absolute atomic E-state index is 10.6. The van der Waals surface area contributed by atoms with Gasteiger partial charge in [0.2, 0.25) is 0 Å². The van der Waals surface area contributed by atoms with Crippen LogP contribution in [0.25, 0.3) is 0 Å². The van der Waals surface area contributed by atoms with Crippen molar-refractivity contribution < 1.29 is 9.90 Å². The summed E-state index contributed by atoms with van der Waals surface area (Å²) in [5.74, 6) is -1.08. The molecule has 2 aromatic rings. The molecule has 100 valence electrons. The van der Waals surface area contributed by atoms with Crippen molar-refractivity contribution in [3.63, 3.8) is 0 Å². The first-order chi connectivity index (χ1) is 9.06. The lowest BCUT2D eigenvalue weighted by Crippen LogP contribution is -2.11. The lowest BCUT2D eigenvalue weighted by molar-refractivity contribution is 0.0690. The number of carboxylic acids is 1. The SMILES string of the molecule is Cc1ccc(Cl)cc1NCCn1cc(C(=O)O)nn1. The van der Waals surface area contributed by atoms with Crippen LogP contribution in [0.3, 0.4) is 0 Å². The Kier molecular flexibility index (Phi) is 4.01. The van der Waals surface area contributed by atoms with Crippen molar-refractivity contribution in [3.8, 4) is 0 Å². The molecule has 0 radical (unpaired) electrons. The minimum absolute atomic E-state index is 0.0565. The van der Waals surface area contributed by atoms with Crippen molar-refractivity contribution in [2.24, 2.45) is 0 Å². The number of hydrogen-bond donors (Lipinski definition) is 2. The Balaban J connectivity index is 1.92. The highest BCUT2D eigenvalue weighted by Gasteiger charge is 2.07. The summed E-state index contributed by atoms with van der Waals surface area (Å²) >= 11 is 5.92. The average molecular weight is 281 g/mol. The first-order valence-electron chi connectivity index (χ1n) is 5.70. The van der Waals surface area contributed by atoms with Crippen LogP contribution in [0.4, 0.5) is 5.69 Å². The highest BCUT2D eigenvalue weighted by molar-refractivity contribution is 6.30. The average Bonchev–Trinajstić information content (AvgIpc) is 2.82. The largest absolute Gasteiger partial charge is 0.476 e. The number of rotatable bonds is 5. The second-order valence-corrected chi connectivity index (χ2v) is 4.49. The normalized spacial score (nSPS) is 10.4. The van der Waals surface area contributed by atoms with Gasteiger partial charge in [-0.25, -0.2) is 9.48 Å². The molecule has 0 saturated carbocycles. The third-order valence-electron chi connectivity index (χ3n) is 2.61. The predicted molar refractivity (Wildman–Crippen MR) is 71.7 cm³/mol. The lowest BCUT2D eigenvalue weighted by atomic mass is 10.2. The van der Waals surface area contributed by atoms with Gasteiger partial charge in [-0.2, -0.15) is 0 Å². The van der Waals surface area contributed by atoms with Gasteiger partial charge in [-0.05, 0) is 24.6 Å². The molecule has 1 aromatic carbocycles. The second kappa shape index (κ2) is 5.71. The Labute approximate surface area is 115 Å². The van der Waals surface area contributed by atoms with Crippen molar-refractivity contribution >= 4 is 23.3 Å². The van der Waals surface area contributed by atoms with E-state index in [1.165, 1.54) is 10.9 Å². The smallest absolute Gasteiger partial charge is 0.358 e. The van der Waals surface area contributed by atoms with E-state index < -0.39 is 5.97 Å². The van der Waals surface area contributed by atoms with Gasteiger partial charge in [-0.15, -0.1) is 5.10 Å². The van der Waals surface area contributed by atoms with Gasteiger partial charge in [0.05, 0.1) is 12.7 Å². The summed E-state index contributed by atoms with van der Waals surface area (Å²) < 4.78 is 1.48. The monoisotopic (exact) mass is 280 g/mol. The molecule has 0 saturated heterocycles. The number of hydrogen-bond acceptors (Lipinski definition) is 4. The first kappa shape index (κ1) is 13.4. The molecule has 2 rings (SSSR count). The highest BCUT2D eigenvalue weighted by Crippen LogP contribution is 2.19. The van der Waals surface area contributed by atoms with Crippen LogP contribution in [0, 0.1) is 6.92 Å². The molecule has 0 fully saturated rings. The minimum Gasteiger partial charge on any atom is -0.476 e. The Bertz CT molecular complexity index is 597. The van der Waals surface area contributed by atoms with E-state index in [0.717, 1.165) is 11.3 Å². The zero-order chi connectivity index (χ0) is 13.8. The number of anilines is 1. The van der Waals surface area contributed by atoms with Gasteiger partial charge in [0.25, 0.3) is 0 Å². The van der Waals surface area contributed by atoms with E-state index in [9.17, 15) is 4.79 Å². The minimum atomic E-state index is -1.08. The molecule has 6 nitrogen and oxygen atoms in total. The fraction of sp³-hybridized carbons (Fsp3) is 0.250. The number of carboxylic acid groups (broad SMARTS) is 1. The molecule has 0 aliphatic carbocycles. The Morgan fingerprint density at radius 2 is 2.32 bits per heavy atom. The molecule has 0 aliphatic rings. The molecule has 0 aliphatic heterocycles. The molecule has 1 aromatic heterocycles. The quantitative estimate of drug-likeness (QED) is 0.876. The second-order valence-electron chi connectivity index (χ2n) is 4.06. The molecule has 0 amide bonds. The van der Waals surface area contributed by atoms with Crippen LogP contribution in [0.2, 0.25) is 5.02 Å². The van der Waals surface area contributed by atoms with E-state index in [1.807, 2.05) is 25.1 Å². The highest BCUT2D eigenvalue weighted by atomic mass is 35.5. The third-order valence-corrected chi connectivity index (χ3v) is 2.85. The molecular weight excluding hydrogens is 268 g/mol. The van der Waals surface area contributed by atoms with E-state index in [4.69, 9.17) is 16.7 Å². The van der Waals surface area contributed by atoms with E-state index in [0.29, 0.717) is 18.1 Å². The number of benzene rings is 1. The van der Waals surface area contributed by atoms with Crippen molar-refractivity contribution in [2.45, 2.75) is 13.5 Å². The van der Waals surface area contributed by atoms with E-state index in [2.05, 4.69) is 15.6 Å². The van der Waals surface area contributed by atoms with Gasteiger partial charge < -0.3 is 10.4 Å². The third kappa shape index (κ3) is 3.45. The molecule has 0 spiro atoms. The van der Waals surface area contributed by atoms with Gasteiger partial charge in [0, 0.05) is 17.3 Å². The van der Waals surface area contributed by atoms with Crippen molar-refractivity contribution in [1.82, 2.24) is 15.0 Å². The molecule has 0 atom stereocenters. The molecular formula is C12H13ClN4O2. The molecule has 7 heteroatoms. The summed E-state index contributed by atoms with van der Waals surface area (Å²) in [5.41, 5.74) is 1.99. The molecule has 0 unspecified atom stereocenters. The Hall–Kier alpha value is -2.08. The number of nitrogens with one attached hydrogen (secondary N) is 1. The summed E-state index contributed by atoms with van der Waals surface area (Å²) in [6.45, 7) is 3.10. The summed E-state index contributed by atoms with van der Waals surface area (Å²) in [5, 5.41) is 19.9. The van der Waals surface area contributed by atoms with Gasteiger partial charge in [0.1, 0.15) is 0 Å². The van der Waals surface area contributed by atoms with Crippen LogP contribution in [-0.2, 0) is 6.54 Å². The summed E-state index contributed by atoms with van der Waals surface area (Å²) in [6.07, 6.45) is 1.40. The topological polar surface area (TPSA) is 80.0 Å². The van der Waals surface area contributed by atoms with Gasteiger partial charge in [-0.1, -0.05) is 22.9 Å². The van der Waals surface area contributed by atoms with Gasteiger partial charge in [0.15, 0.2) is 5.69 Å². The van der Waals surface area contributed by atoms with Crippen LogP contribution in [0.15, 0.2) is 24.4 Å². The maximum atomic E-state index is 10.6. The van der Waals surface area contributed by atoms with Crippen LogP contribution in [0.1, 0.15) is 16.1 Å². The number of carbonyl (C=O) groups is 1. The Morgan fingerprint density at radius 1 is 1.53 bits per heavy atom. The maximum Gasteiger partial charge on any atom is 0.358 e. The number of aromatic nitrogens is 3. The van der Waals surface area contributed by atoms with Crippen LogP contribution >= 0.6 is 11.6 Å². The fourth-order valence-corrected chi connectivity index (χ4v) is 1.77. The standard InChI is InChI=1S/C12H13ClN4O2/c1-8-2-3-9(13)6-10(8)14-4-5-17-7-11(12(18)19)15-16-17/h2-3,6-7,14H,4-5H2,1H3,(H,18,19). The molecule has 2 N–H and O–H groups in total. The van der Waals surface area contributed by atoms with E-state index in [-0.39, 0.29) is 5.69 Å². The van der Waals surface area contributed by atoms with Crippen LogP contribution < -0.4 is 5.32 Å². The van der Waals surface area contributed by atoms with Gasteiger partial charge in [-0.3, -0.25) is 0 Å². The zero-order valence-corrected chi connectivity index (χ0v) is 11.1. The number of halogens is 1. The van der Waals surface area contributed by atoms with Crippen molar-refractivity contribution in [3.05, 3.63) is 40.7 Å². The van der Waals surface area contributed by atoms with E-state index in [1.54, 1.807) is 0 Å². The fourth-order valence-electron chi connectivity index (χ4n) is 1.60. The zero-order valence-electron chi connectivity index (χ0n) is 10.3. The Morgan fingerprint density at radius 3 is 3.00 bits per heavy atom. The molecule has 19 heavy (non-hydrogen) atoms. The molecule has 0 bridgehead atoms. The summed E-state index contributed by atoms with van der Waals surface area (Å²) in [6, 6.07) is 5.61. The van der Waals surface area contributed by atoms with Crippen LogP contribution in [0.5, 0.6) is 0 Å².